The molecule has 0 aliphatic rings. The zero-order valence-electron chi connectivity index (χ0n) is 15.1. The third-order valence-corrected chi connectivity index (χ3v) is 3.85. The summed E-state index contributed by atoms with van der Waals surface area (Å²) >= 11 is 0. The van der Waals surface area contributed by atoms with Gasteiger partial charge in [0.05, 0.1) is 5.56 Å². The summed E-state index contributed by atoms with van der Waals surface area (Å²) in [5, 5.41) is 2.64. The molecule has 28 heavy (non-hydrogen) atoms. The van der Waals surface area contributed by atoms with Crippen LogP contribution in [0.4, 0.5) is 10.1 Å². The summed E-state index contributed by atoms with van der Waals surface area (Å²) in [6.07, 6.45) is -1.09. The van der Waals surface area contributed by atoms with E-state index in [-0.39, 0.29) is 5.56 Å². The number of halogens is 1. The number of esters is 1. The van der Waals surface area contributed by atoms with Crippen LogP contribution in [0.3, 0.4) is 0 Å². The molecule has 0 aliphatic heterocycles. The lowest BCUT2D eigenvalue weighted by Crippen LogP contribution is -2.30. The Labute approximate surface area is 161 Å². The number of carbonyl (C=O) groups excluding carboxylic acids is 2. The molecule has 0 aromatic heterocycles. The van der Waals surface area contributed by atoms with Crippen molar-refractivity contribution in [1.29, 1.82) is 0 Å². The van der Waals surface area contributed by atoms with Gasteiger partial charge in [-0.3, -0.25) is 4.79 Å². The quantitative estimate of drug-likeness (QED) is 0.625. The molecule has 6 heteroatoms. The molecule has 0 unspecified atom stereocenters. The predicted molar refractivity (Wildman–Crippen MR) is 103 cm³/mol. The van der Waals surface area contributed by atoms with Crippen LogP contribution in [0, 0.1) is 5.82 Å². The smallest absolute Gasteiger partial charge is 0.341 e. The van der Waals surface area contributed by atoms with Crippen LogP contribution in [-0.2, 0) is 9.53 Å². The summed E-state index contributed by atoms with van der Waals surface area (Å²) in [6, 6.07) is 21.5. The van der Waals surface area contributed by atoms with Crippen molar-refractivity contribution in [2.24, 2.45) is 0 Å². The average molecular weight is 379 g/mol. The van der Waals surface area contributed by atoms with Crippen molar-refractivity contribution in [3.05, 3.63) is 90.2 Å². The number of hydrogen-bond acceptors (Lipinski definition) is 4. The summed E-state index contributed by atoms with van der Waals surface area (Å²) in [7, 11) is 0. The van der Waals surface area contributed by atoms with Crippen molar-refractivity contribution in [3.8, 4) is 11.5 Å². The second kappa shape index (κ2) is 8.81. The van der Waals surface area contributed by atoms with E-state index in [4.69, 9.17) is 9.47 Å². The summed E-state index contributed by atoms with van der Waals surface area (Å²) in [4.78, 5) is 24.2. The third-order valence-electron chi connectivity index (χ3n) is 3.85. The first kappa shape index (κ1) is 19.1. The van der Waals surface area contributed by atoms with Crippen molar-refractivity contribution in [2.45, 2.75) is 13.0 Å². The van der Waals surface area contributed by atoms with Crippen LogP contribution in [0.2, 0.25) is 0 Å². The van der Waals surface area contributed by atoms with Crippen LogP contribution in [-0.4, -0.2) is 18.0 Å². The highest BCUT2D eigenvalue weighted by Crippen LogP contribution is 2.22. The lowest BCUT2D eigenvalue weighted by Gasteiger charge is -2.14. The minimum Gasteiger partial charge on any atom is -0.457 e. The van der Waals surface area contributed by atoms with Crippen molar-refractivity contribution in [2.75, 3.05) is 5.32 Å². The fourth-order valence-corrected chi connectivity index (χ4v) is 2.38. The zero-order valence-corrected chi connectivity index (χ0v) is 15.1. The molecular formula is C22H18FNO4. The molecule has 0 heterocycles. The minimum atomic E-state index is -1.09. The first-order valence-corrected chi connectivity index (χ1v) is 8.62. The molecule has 0 saturated carbocycles. The number of ether oxygens (including phenoxy) is 2. The number of rotatable bonds is 6. The maximum Gasteiger partial charge on any atom is 0.341 e. The highest BCUT2D eigenvalue weighted by atomic mass is 19.1. The zero-order chi connectivity index (χ0) is 19.9. The Bertz CT molecular complexity index is 958. The number of hydrogen-bond donors (Lipinski definition) is 1. The van der Waals surface area contributed by atoms with Crippen molar-refractivity contribution in [1.82, 2.24) is 0 Å². The molecule has 1 atom stereocenters. The van der Waals surface area contributed by atoms with Gasteiger partial charge in [0.15, 0.2) is 6.10 Å². The van der Waals surface area contributed by atoms with Crippen molar-refractivity contribution < 1.29 is 23.5 Å². The molecule has 0 fully saturated rings. The highest BCUT2D eigenvalue weighted by Gasteiger charge is 2.21. The molecule has 3 aromatic carbocycles. The van der Waals surface area contributed by atoms with Gasteiger partial charge in [-0.2, -0.15) is 0 Å². The molecule has 0 saturated heterocycles. The summed E-state index contributed by atoms with van der Waals surface area (Å²) in [6.45, 7) is 1.42. The van der Waals surface area contributed by atoms with Gasteiger partial charge in [0.25, 0.3) is 5.91 Å². The van der Waals surface area contributed by atoms with Gasteiger partial charge in [0.1, 0.15) is 17.3 Å². The number of benzene rings is 3. The number of carbonyl (C=O) groups is 2. The molecular weight excluding hydrogens is 361 g/mol. The minimum absolute atomic E-state index is 0.218. The first-order valence-electron chi connectivity index (χ1n) is 8.62. The SMILES string of the molecule is C[C@H](OC(=O)c1ccccc1F)C(=O)Nc1ccc(Oc2ccccc2)cc1. The number of para-hydroxylation sites is 1. The van der Waals surface area contributed by atoms with Crippen molar-refractivity contribution in [3.63, 3.8) is 0 Å². The monoisotopic (exact) mass is 379 g/mol. The van der Waals surface area contributed by atoms with E-state index in [2.05, 4.69) is 5.32 Å². The van der Waals surface area contributed by atoms with Crippen LogP contribution in [0.1, 0.15) is 17.3 Å². The maximum absolute atomic E-state index is 13.6. The molecule has 0 bridgehead atoms. The van der Waals surface area contributed by atoms with E-state index >= 15 is 0 Å². The number of amides is 1. The van der Waals surface area contributed by atoms with Gasteiger partial charge in [-0.15, -0.1) is 0 Å². The maximum atomic E-state index is 13.6. The molecule has 1 N–H and O–H groups in total. The molecule has 3 rings (SSSR count). The van der Waals surface area contributed by atoms with Crippen LogP contribution in [0.25, 0.3) is 0 Å². The molecule has 0 aliphatic carbocycles. The second-order valence-corrected chi connectivity index (χ2v) is 5.96. The largest absolute Gasteiger partial charge is 0.457 e. The van der Waals surface area contributed by atoms with Crippen LogP contribution < -0.4 is 10.1 Å². The van der Waals surface area contributed by atoms with E-state index < -0.39 is 23.8 Å². The number of anilines is 1. The Morgan fingerprint density at radius 2 is 1.46 bits per heavy atom. The Morgan fingerprint density at radius 3 is 2.14 bits per heavy atom. The standard InChI is InChI=1S/C22H18FNO4/c1-15(27-22(26)19-9-5-6-10-20(19)23)21(25)24-16-11-13-18(14-12-16)28-17-7-3-2-4-8-17/h2-15H,1H3,(H,24,25)/t15-/m0/s1. The predicted octanol–water partition coefficient (Wildman–Crippen LogP) is 4.80. The van der Waals surface area contributed by atoms with Crippen LogP contribution >= 0.6 is 0 Å². The van der Waals surface area contributed by atoms with Crippen LogP contribution in [0.15, 0.2) is 78.9 Å². The summed E-state index contributed by atoms with van der Waals surface area (Å²) in [5.74, 6) is -0.806. The van der Waals surface area contributed by atoms with E-state index in [0.717, 1.165) is 6.07 Å². The van der Waals surface area contributed by atoms with E-state index in [1.165, 1.54) is 25.1 Å². The second-order valence-electron chi connectivity index (χ2n) is 5.96. The Hall–Kier alpha value is -3.67. The van der Waals surface area contributed by atoms with E-state index in [9.17, 15) is 14.0 Å². The van der Waals surface area contributed by atoms with Crippen LogP contribution in [0.5, 0.6) is 11.5 Å². The van der Waals surface area contributed by atoms with Gasteiger partial charge in [-0.05, 0) is 55.5 Å². The first-order chi connectivity index (χ1) is 13.5. The topological polar surface area (TPSA) is 64.6 Å². The van der Waals surface area contributed by atoms with Gasteiger partial charge in [-0.1, -0.05) is 30.3 Å². The molecule has 5 nitrogen and oxygen atoms in total. The van der Waals surface area contributed by atoms with Gasteiger partial charge in [-0.25, -0.2) is 9.18 Å². The van der Waals surface area contributed by atoms with Gasteiger partial charge < -0.3 is 14.8 Å². The lowest BCUT2D eigenvalue weighted by atomic mass is 10.2. The Balaban J connectivity index is 1.56. The molecule has 1 amide bonds. The Morgan fingerprint density at radius 1 is 0.857 bits per heavy atom. The molecule has 3 aromatic rings. The average Bonchev–Trinajstić information content (AvgIpc) is 2.70. The molecule has 0 radical (unpaired) electrons. The fourth-order valence-electron chi connectivity index (χ4n) is 2.38. The lowest BCUT2D eigenvalue weighted by molar-refractivity contribution is -0.123. The van der Waals surface area contributed by atoms with E-state index in [1.54, 1.807) is 24.3 Å². The van der Waals surface area contributed by atoms with E-state index in [0.29, 0.717) is 17.2 Å². The van der Waals surface area contributed by atoms with Gasteiger partial charge >= 0.3 is 5.97 Å². The molecule has 142 valence electrons. The third kappa shape index (κ3) is 4.94. The fraction of sp³-hybridized carbons (Fsp3) is 0.0909. The van der Waals surface area contributed by atoms with Crippen molar-refractivity contribution >= 4 is 17.6 Å². The summed E-state index contributed by atoms with van der Waals surface area (Å²) in [5.41, 5.74) is 0.295. The van der Waals surface area contributed by atoms with Gasteiger partial charge in [0, 0.05) is 5.69 Å². The van der Waals surface area contributed by atoms with Gasteiger partial charge in [0.2, 0.25) is 0 Å². The Kier molecular flexibility index (Phi) is 6.01. The summed E-state index contributed by atoms with van der Waals surface area (Å²) < 4.78 is 24.3. The normalized spacial score (nSPS) is 11.4. The number of nitrogens with one attached hydrogen (secondary N) is 1. The highest BCUT2D eigenvalue weighted by molar-refractivity contribution is 5.97. The van der Waals surface area contributed by atoms with E-state index in [1.807, 2.05) is 30.3 Å². The molecule has 0 spiro atoms.